The van der Waals surface area contributed by atoms with Crippen LogP contribution < -0.4 is 10.1 Å². The van der Waals surface area contributed by atoms with Crippen molar-refractivity contribution in [3.05, 3.63) is 60.4 Å². The molecule has 3 aromatic rings. The molecule has 0 unspecified atom stereocenters. The minimum atomic E-state index is -0.295. The second-order valence-corrected chi connectivity index (χ2v) is 5.75. The molecule has 0 aliphatic carbocycles. The van der Waals surface area contributed by atoms with Crippen LogP contribution >= 0.6 is 11.8 Å². The number of hydrogen-bond acceptors (Lipinski definition) is 5. The average Bonchev–Trinajstić information content (AvgIpc) is 3.12. The molecule has 0 bridgehead atoms. The summed E-state index contributed by atoms with van der Waals surface area (Å²) in [6, 6.07) is 15.0. The number of hydrogen-bond donors (Lipinski definition) is 1. The zero-order valence-electron chi connectivity index (χ0n) is 13.3. The molecule has 2 aromatic carbocycles. The van der Waals surface area contributed by atoms with Gasteiger partial charge in [-0.05, 0) is 42.7 Å². The van der Waals surface area contributed by atoms with Crippen LogP contribution in [0.1, 0.15) is 10.5 Å². The first-order valence-corrected chi connectivity index (χ1v) is 8.45. The number of carbonyl (C=O) groups excluding carboxylic acids is 1. The molecule has 0 fully saturated rings. The van der Waals surface area contributed by atoms with Gasteiger partial charge in [0.15, 0.2) is 5.69 Å². The fourth-order valence-corrected chi connectivity index (χ4v) is 2.72. The van der Waals surface area contributed by atoms with Crippen LogP contribution in [0.2, 0.25) is 0 Å². The Kier molecular flexibility index (Phi) is 4.81. The van der Waals surface area contributed by atoms with Gasteiger partial charge in [0, 0.05) is 4.90 Å². The molecule has 1 amide bonds. The third-order valence-electron chi connectivity index (χ3n) is 3.42. The zero-order chi connectivity index (χ0) is 16.9. The van der Waals surface area contributed by atoms with E-state index in [2.05, 4.69) is 15.6 Å². The Hall–Kier alpha value is -2.80. The summed E-state index contributed by atoms with van der Waals surface area (Å²) in [5.41, 5.74) is 1.81. The quantitative estimate of drug-likeness (QED) is 0.722. The van der Waals surface area contributed by atoms with Crippen LogP contribution in [-0.4, -0.2) is 34.3 Å². The van der Waals surface area contributed by atoms with Gasteiger partial charge in [-0.2, -0.15) is 0 Å². The molecule has 1 N–H and O–H groups in total. The molecule has 1 heterocycles. The molecule has 122 valence electrons. The molecule has 6 nitrogen and oxygen atoms in total. The Morgan fingerprint density at radius 2 is 1.92 bits per heavy atom. The number of carbonyl (C=O) groups is 1. The Bertz CT molecular complexity index is 846. The van der Waals surface area contributed by atoms with Gasteiger partial charge in [0.05, 0.1) is 24.7 Å². The van der Waals surface area contributed by atoms with Crippen molar-refractivity contribution in [1.29, 1.82) is 0 Å². The highest BCUT2D eigenvalue weighted by molar-refractivity contribution is 7.98. The van der Waals surface area contributed by atoms with E-state index in [-0.39, 0.29) is 11.6 Å². The van der Waals surface area contributed by atoms with Gasteiger partial charge in [-0.1, -0.05) is 17.3 Å². The lowest BCUT2D eigenvalue weighted by Gasteiger charge is -2.07. The number of rotatable bonds is 5. The molecule has 0 radical (unpaired) electrons. The smallest absolute Gasteiger partial charge is 0.277 e. The second kappa shape index (κ2) is 7.18. The van der Waals surface area contributed by atoms with Crippen molar-refractivity contribution in [3.63, 3.8) is 0 Å². The van der Waals surface area contributed by atoms with Gasteiger partial charge in [-0.15, -0.1) is 16.9 Å². The van der Waals surface area contributed by atoms with Crippen LogP contribution in [0.3, 0.4) is 0 Å². The van der Waals surface area contributed by atoms with Crippen LogP contribution in [0.15, 0.2) is 59.6 Å². The average molecular weight is 340 g/mol. The maximum absolute atomic E-state index is 12.4. The Morgan fingerprint density at radius 3 is 2.62 bits per heavy atom. The first kappa shape index (κ1) is 16.1. The van der Waals surface area contributed by atoms with Gasteiger partial charge in [0.25, 0.3) is 5.91 Å². The largest absolute Gasteiger partial charge is 0.497 e. The third kappa shape index (κ3) is 3.41. The zero-order valence-corrected chi connectivity index (χ0v) is 14.1. The number of nitrogens with zero attached hydrogens (tertiary/aromatic N) is 3. The van der Waals surface area contributed by atoms with Gasteiger partial charge in [-0.25, -0.2) is 4.68 Å². The molecule has 0 saturated heterocycles. The molecular formula is C17H16N4O2S. The summed E-state index contributed by atoms with van der Waals surface area (Å²) >= 11 is 1.57. The standard InChI is InChI=1S/C17H16N4O2S/c1-23-13-9-7-12(8-10-13)21-11-15(19-20-21)17(22)18-14-5-3-4-6-16(14)24-2/h3-11H,1-2H3,(H,18,22). The first-order chi connectivity index (χ1) is 11.7. The molecule has 0 atom stereocenters. The molecular weight excluding hydrogens is 324 g/mol. The van der Waals surface area contributed by atoms with Gasteiger partial charge >= 0.3 is 0 Å². The number of nitrogens with one attached hydrogen (secondary N) is 1. The lowest BCUT2D eigenvalue weighted by Crippen LogP contribution is -2.13. The van der Waals surface area contributed by atoms with Gasteiger partial charge in [0.1, 0.15) is 5.75 Å². The third-order valence-corrected chi connectivity index (χ3v) is 4.21. The van der Waals surface area contributed by atoms with Crippen LogP contribution in [0.4, 0.5) is 5.69 Å². The highest BCUT2D eigenvalue weighted by Gasteiger charge is 2.13. The van der Waals surface area contributed by atoms with Crippen LogP contribution in [0.5, 0.6) is 5.75 Å². The van der Waals surface area contributed by atoms with E-state index in [0.717, 1.165) is 22.0 Å². The molecule has 0 aliphatic rings. The van der Waals surface area contributed by atoms with Crippen molar-refractivity contribution in [2.45, 2.75) is 4.90 Å². The summed E-state index contributed by atoms with van der Waals surface area (Å²) < 4.78 is 6.68. The van der Waals surface area contributed by atoms with Gasteiger partial charge in [-0.3, -0.25) is 4.79 Å². The molecule has 7 heteroatoms. The summed E-state index contributed by atoms with van der Waals surface area (Å²) in [5.74, 6) is 0.460. The Balaban J connectivity index is 1.78. The van der Waals surface area contributed by atoms with Crippen molar-refractivity contribution in [1.82, 2.24) is 15.0 Å². The van der Waals surface area contributed by atoms with Crippen LogP contribution in [-0.2, 0) is 0 Å². The summed E-state index contributed by atoms with van der Waals surface area (Å²) in [5, 5.41) is 10.8. The number of ether oxygens (including phenoxy) is 1. The fourth-order valence-electron chi connectivity index (χ4n) is 2.16. The molecule has 0 aliphatic heterocycles. The van der Waals surface area contributed by atoms with Crippen molar-refractivity contribution in [2.24, 2.45) is 0 Å². The van der Waals surface area contributed by atoms with E-state index in [4.69, 9.17) is 4.74 Å². The summed E-state index contributed by atoms with van der Waals surface area (Å²) in [7, 11) is 1.61. The van der Waals surface area contributed by atoms with E-state index in [1.807, 2.05) is 54.8 Å². The van der Waals surface area contributed by atoms with Crippen molar-refractivity contribution < 1.29 is 9.53 Å². The highest BCUT2D eigenvalue weighted by Crippen LogP contribution is 2.25. The second-order valence-electron chi connectivity index (χ2n) is 4.90. The first-order valence-electron chi connectivity index (χ1n) is 7.22. The SMILES string of the molecule is COc1ccc(-n2cc(C(=O)Nc3ccccc3SC)nn2)cc1. The van der Waals surface area contributed by atoms with Crippen LogP contribution in [0.25, 0.3) is 5.69 Å². The fraction of sp³-hybridized carbons (Fsp3) is 0.118. The molecule has 0 spiro atoms. The number of methoxy groups -OCH3 is 1. The minimum Gasteiger partial charge on any atom is -0.497 e. The number of thioether (sulfide) groups is 1. The normalized spacial score (nSPS) is 10.4. The molecule has 3 rings (SSSR count). The Labute approximate surface area is 143 Å². The van der Waals surface area contributed by atoms with Crippen molar-refractivity contribution in [3.8, 4) is 11.4 Å². The van der Waals surface area contributed by atoms with E-state index in [1.165, 1.54) is 0 Å². The minimum absolute atomic E-state index is 0.252. The maximum atomic E-state index is 12.4. The number of benzene rings is 2. The van der Waals surface area contributed by atoms with E-state index in [0.29, 0.717) is 0 Å². The maximum Gasteiger partial charge on any atom is 0.277 e. The van der Waals surface area contributed by atoms with E-state index in [1.54, 1.807) is 29.8 Å². The van der Waals surface area contributed by atoms with E-state index < -0.39 is 0 Å². The number of aromatic nitrogens is 3. The predicted octanol–water partition coefficient (Wildman–Crippen LogP) is 3.25. The lowest BCUT2D eigenvalue weighted by atomic mass is 10.3. The molecule has 0 saturated carbocycles. The number of amides is 1. The summed E-state index contributed by atoms with van der Waals surface area (Å²) in [4.78, 5) is 13.4. The van der Waals surface area contributed by atoms with Crippen molar-refractivity contribution >= 4 is 23.4 Å². The summed E-state index contributed by atoms with van der Waals surface area (Å²) in [6.45, 7) is 0. The van der Waals surface area contributed by atoms with Crippen LogP contribution in [0, 0.1) is 0 Å². The van der Waals surface area contributed by atoms with E-state index in [9.17, 15) is 4.79 Å². The van der Waals surface area contributed by atoms with E-state index >= 15 is 0 Å². The molecule has 24 heavy (non-hydrogen) atoms. The topological polar surface area (TPSA) is 69.0 Å². The Morgan fingerprint density at radius 1 is 1.17 bits per heavy atom. The lowest BCUT2D eigenvalue weighted by molar-refractivity contribution is 0.102. The number of para-hydroxylation sites is 1. The summed E-state index contributed by atoms with van der Waals surface area (Å²) in [6.07, 6.45) is 3.56. The monoisotopic (exact) mass is 340 g/mol. The van der Waals surface area contributed by atoms with Gasteiger partial charge < -0.3 is 10.1 Å². The highest BCUT2D eigenvalue weighted by atomic mass is 32.2. The molecule has 1 aromatic heterocycles. The predicted molar refractivity (Wildman–Crippen MR) is 94.1 cm³/mol. The number of anilines is 1. The van der Waals surface area contributed by atoms with Gasteiger partial charge in [0.2, 0.25) is 0 Å². The van der Waals surface area contributed by atoms with Crippen molar-refractivity contribution in [2.75, 3.05) is 18.7 Å².